The molecule has 0 aromatic heterocycles. The van der Waals surface area contributed by atoms with Crippen LogP contribution < -0.4 is 9.47 Å². The molecule has 0 N–H and O–H groups in total. The molecule has 0 saturated heterocycles. The van der Waals surface area contributed by atoms with Gasteiger partial charge in [0.1, 0.15) is 11.5 Å². The fraction of sp³-hybridized carbons (Fsp3) is 0.364. The van der Waals surface area contributed by atoms with Crippen molar-refractivity contribution in [2.45, 2.75) is 33.1 Å². The number of aryl methyl sites for hydroxylation is 2. The molecule has 1 atom stereocenters. The average molecular weight is 401 g/mol. The van der Waals surface area contributed by atoms with Gasteiger partial charge in [-0.1, -0.05) is 42.7 Å². The first kappa shape index (κ1) is 21.8. The third-order valence-corrected chi connectivity index (χ3v) is 5.99. The van der Waals surface area contributed by atoms with E-state index in [9.17, 15) is 14.2 Å². The van der Waals surface area contributed by atoms with Gasteiger partial charge in [0.05, 0.1) is 20.6 Å². The van der Waals surface area contributed by atoms with Crippen LogP contribution in [-0.4, -0.2) is 31.7 Å². The van der Waals surface area contributed by atoms with Crippen LogP contribution in [0.25, 0.3) is 0 Å². The van der Waals surface area contributed by atoms with E-state index in [0.717, 1.165) is 24.0 Å². The molecule has 0 spiro atoms. The molecule has 0 aliphatic carbocycles. The highest BCUT2D eigenvalue weighted by Gasteiger charge is 2.35. The SMILES string of the molecule is CCc1cccc(CC)c1C(=O)CC[P+](=O)C(=O)c1c(OC)cccc1OC. The Bertz CT molecular complexity index is 844. The number of carbonyl (C=O) groups is 2. The lowest BCUT2D eigenvalue weighted by Gasteiger charge is -2.11. The number of benzene rings is 2. The number of hydrogen-bond donors (Lipinski definition) is 0. The Labute approximate surface area is 166 Å². The monoisotopic (exact) mass is 401 g/mol. The molecular formula is C22H26O5P+. The number of rotatable bonds is 10. The first-order valence-corrected chi connectivity index (χ1v) is 10.8. The van der Waals surface area contributed by atoms with Gasteiger partial charge in [0.15, 0.2) is 17.5 Å². The van der Waals surface area contributed by atoms with E-state index < -0.39 is 13.3 Å². The molecule has 148 valence electrons. The summed E-state index contributed by atoms with van der Waals surface area (Å²) in [5.74, 6) is 0.546. The van der Waals surface area contributed by atoms with Gasteiger partial charge in [0.2, 0.25) is 0 Å². The Kier molecular flexibility index (Phi) is 7.89. The molecular weight excluding hydrogens is 375 g/mol. The molecule has 0 bridgehead atoms. The maximum Gasteiger partial charge on any atom is 0.420 e. The highest BCUT2D eigenvalue weighted by molar-refractivity contribution is 7.64. The van der Waals surface area contributed by atoms with Gasteiger partial charge >= 0.3 is 13.3 Å². The van der Waals surface area contributed by atoms with Crippen LogP contribution >= 0.6 is 7.80 Å². The molecule has 0 heterocycles. The third-order valence-electron chi connectivity index (χ3n) is 4.69. The molecule has 2 aromatic carbocycles. The van der Waals surface area contributed by atoms with Crippen molar-refractivity contribution in [3.8, 4) is 11.5 Å². The van der Waals surface area contributed by atoms with Gasteiger partial charge < -0.3 is 9.47 Å². The number of methoxy groups -OCH3 is 2. The number of carbonyl (C=O) groups excluding carboxylic acids is 2. The van der Waals surface area contributed by atoms with E-state index >= 15 is 0 Å². The molecule has 1 unspecified atom stereocenters. The summed E-state index contributed by atoms with van der Waals surface area (Å²) in [5, 5.41) is 0. The first-order chi connectivity index (χ1) is 13.5. The van der Waals surface area contributed by atoms with Crippen LogP contribution in [0.15, 0.2) is 36.4 Å². The molecule has 2 rings (SSSR count). The van der Waals surface area contributed by atoms with Crippen molar-refractivity contribution >= 4 is 19.1 Å². The Balaban J connectivity index is 2.20. The second kappa shape index (κ2) is 10.1. The summed E-state index contributed by atoms with van der Waals surface area (Å²) in [6.07, 6.45) is 1.55. The van der Waals surface area contributed by atoms with Crippen molar-refractivity contribution in [2.75, 3.05) is 20.4 Å². The van der Waals surface area contributed by atoms with Crippen molar-refractivity contribution < 1.29 is 23.6 Å². The lowest BCUT2D eigenvalue weighted by atomic mass is 9.93. The Morgan fingerprint density at radius 1 is 0.857 bits per heavy atom. The minimum atomic E-state index is -2.28. The summed E-state index contributed by atoms with van der Waals surface area (Å²) in [7, 11) is 0.599. The first-order valence-electron chi connectivity index (χ1n) is 9.32. The zero-order chi connectivity index (χ0) is 20.7. The second-order valence-corrected chi connectivity index (χ2v) is 7.89. The van der Waals surface area contributed by atoms with E-state index in [1.807, 2.05) is 32.0 Å². The predicted octanol–water partition coefficient (Wildman–Crippen LogP) is 5.07. The van der Waals surface area contributed by atoms with E-state index in [0.29, 0.717) is 17.1 Å². The smallest absolute Gasteiger partial charge is 0.420 e. The summed E-state index contributed by atoms with van der Waals surface area (Å²) in [6, 6.07) is 10.8. The normalized spacial score (nSPS) is 11.1. The van der Waals surface area contributed by atoms with Gasteiger partial charge in [-0.05, 0) is 36.1 Å². The maximum absolute atomic E-state index is 12.8. The largest absolute Gasteiger partial charge is 0.496 e. The molecule has 0 amide bonds. The van der Waals surface area contributed by atoms with Crippen molar-refractivity contribution in [3.63, 3.8) is 0 Å². The Hall–Kier alpha value is -2.52. The second-order valence-electron chi connectivity index (χ2n) is 6.28. The molecule has 2 aromatic rings. The summed E-state index contributed by atoms with van der Waals surface area (Å²) in [5.41, 5.74) is 2.27. The molecule has 0 saturated carbocycles. The highest BCUT2D eigenvalue weighted by atomic mass is 31.1. The van der Waals surface area contributed by atoms with Crippen molar-refractivity contribution in [1.82, 2.24) is 0 Å². The Morgan fingerprint density at radius 3 is 1.82 bits per heavy atom. The van der Waals surface area contributed by atoms with Crippen LogP contribution in [0, 0.1) is 0 Å². The summed E-state index contributed by atoms with van der Waals surface area (Å²) in [6.45, 7) is 4.01. The van der Waals surface area contributed by atoms with Crippen LogP contribution in [0.3, 0.4) is 0 Å². The van der Waals surface area contributed by atoms with Gasteiger partial charge in [0, 0.05) is 5.56 Å². The van der Waals surface area contributed by atoms with Gasteiger partial charge in [0.25, 0.3) is 0 Å². The average Bonchev–Trinajstić information content (AvgIpc) is 2.75. The number of ketones is 1. The summed E-state index contributed by atoms with van der Waals surface area (Å²) < 4.78 is 23.1. The standard InChI is InChI=1S/C22H26O5P/c1-5-15-9-7-10-16(6-2)20(15)17(23)13-14-28(25)22(24)21-18(26-3)11-8-12-19(21)27-4/h7-12H,5-6,13-14H2,1-4H3/q+1. The topological polar surface area (TPSA) is 69.7 Å². The van der Waals surface area contributed by atoms with E-state index in [1.165, 1.54) is 14.2 Å². The van der Waals surface area contributed by atoms with E-state index in [4.69, 9.17) is 9.47 Å². The van der Waals surface area contributed by atoms with Crippen molar-refractivity contribution in [1.29, 1.82) is 0 Å². The molecule has 0 radical (unpaired) electrons. The van der Waals surface area contributed by atoms with Gasteiger partial charge in [-0.15, -0.1) is 0 Å². The summed E-state index contributed by atoms with van der Waals surface area (Å²) in [4.78, 5) is 25.6. The van der Waals surface area contributed by atoms with E-state index in [1.54, 1.807) is 18.2 Å². The fourth-order valence-corrected chi connectivity index (χ4v) is 4.30. The van der Waals surface area contributed by atoms with Crippen molar-refractivity contribution in [2.24, 2.45) is 0 Å². The van der Waals surface area contributed by atoms with Crippen LogP contribution in [0.5, 0.6) is 11.5 Å². The molecule has 0 aliphatic heterocycles. The molecule has 0 aliphatic rings. The predicted molar refractivity (Wildman–Crippen MR) is 110 cm³/mol. The minimum Gasteiger partial charge on any atom is -0.496 e. The van der Waals surface area contributed by atoms with Crippen LogP contribution in [0.1, 0.15) is 52.1 Å². The van der Waals surface area contributed by atoms with Crippen LogP contribution in [0.2, 0.25) is 0 Å². The number of hydrogen-bond acceptors (Lipinski definition) is 5. The Morgan fingerprint density at radius 2 is 1.36 bits per heavy atom. The molecule has 6 heteroatoms. The van der Waals surface area contributed by atoms with Gasteiger partial charge in [-0.2, -0.15) is 0 Å². The van der Waals surface area contributed by atoms with Crippen LogP contribution in [-0.2, 0) is 17.4 Å². The van der Waals surface area contributed by atoms with E-state index in [2.05, 4.69) is 0 Å². The summed E-state index contributed by atoms with van der Waals surface area (Å²) >= 11 is 0. The number of Topliss-reactive ketones (excluding diaryl/α,β-unsaturated/α-hetero) is 1. The van der Waals surface area contributed by atoms with Gasteiger partial charge in [-0.3, -0.25) is 4.79 Å². The number of ether oxygens (including phenoxy) is 2. The molecule has 5 nitrogen and oxygen atoms in total. The zero-order valence-electron chi connectivity index (χ0n) is 16.8. The minimum absolute atomic E-state index is 0.00456. The van der Waals surface area contributed by atoms with Gasteiger partial charge in [-0.25, -0.2) is 4.79 Å². The van der Waals surface area contributed by atoms with E-state index in [-0.39, 0.29) is 23.9 Å². The molecule has 0 fully saturated rings. The third kappa shape index (κ3) is 4.66. The molecule has 28 heavy (non-hydrogen) atoms. The maximum atomic E-state index is 12.8. The highest BCUT2D eigenvalue weighted by Crippen LogP contribution is 2.38. The lowest BCUT2D eigenvalue weighted by molar-refractivity contribution is 0.0987. The quantitative estimate of drug-likeness (QED) is 0.411. The lowest BCUT2D eigenvalue weighted by Crippen LogP contribution is -2.10. The zero-order valence-corrected chi connectivity index (χ0v) is 17.7. The van der Waals surface area contributed by atoms with Crippen LogP contribution in [0.4, 0.5) is 0 Å². The van der Waals surface area contributed by atoms with Crippen molar-refractivity contribution in [3.05, 3.63) is 58.7 Å². The fourth-order valence-electron chi connectivity index (χ4n) is 3.22.